The normalized spacial score (nSPS) is 20.2. The lowest BCUT2D eigenvalue weighted by molar-refractivity contribution is 0.272. The Morgan fingerprint density at radius 1 is 1.33 bits per heavy atom. The van der Waals surface area contributed by atoms with Crippen molar-refractivity contribution in [3.05, 3.63) is 33.4 Å². The molecule has 0 bridgehead atoms. The summed E-state index contributed by atoms with van der Waals surface area (Å²) in [6.45, 7) is 2.38. The van der Waals surface area contributed by atoms with Gasteiger partial charge >= 0.3 is 0 Å². The summed E-state index contributed by atoms with van der Waals surface area (Å²) in [7, 11) is 0. The van der Waals surface area contributed by atoms with Crippen LogP contribution in [-0.4, -0.2) is 0 Å². The van der Waals surface area contributed by atoms with Crippen molar-refractivity contribution in [2.45, 2.75) is 31.6 Å². The zero-order valence-corrected chi connectivity index (χ0v) is 9.47. The van der Waals surface area contributed by atoms with Gasteiger partial charge in [-0.1, -0.05) is 25.5 Å². The van der Waals surface area contributed by atoms with E-state index in [0.717, 1.165) is 0 Å². The van der Waals surface area contributed by atoms with Crippen molar-refractivity contribution in [2.75, 3.05) is 0 Å². The maximum atomic E-state index is 2.39. The maximum absolute atomic E-state index is 2.39. The summed E-state index contributed by atoms with van der Waals surface area (Å²) in [6.07, 6.45) is 4.14. The Balaban J connectivity index is 2.33. The molecular weight excluding hydrogens is 259 g/mol. The molecule has 12 heavy (non-hydrogen) atoms. The third-order valence-electron chi connectivity index (χ3n) is 2.98. The summed E-state index contributed by atoms with van der Waals surface area (Å²) in [5, 5.41) is 0. The molecule has 1 fully saturated rings. The van der Waals surface area contributed by atoms with Crippen LogP contribution in [0.15, 0.2) is 24.3 Å². The molecule has 0 N–H and O–H groups in total. The molecule has 0 heterocycles. The van der Waals surface area contributed by atoms with E-state index >= 15 is 0 Å². The Bertz CT molecular complexity index is 287. The first-order valence-electron chi connectivity index (χ1n) is 4.47. The van der Waals surface area contributed by atoms with E-state index < -0.39 is 0 Å². The predicted molar refractivity (Wildman–Crippen MR) is 60.4 cm³/mol. The molecular formula is C11H13I. The Morgan fingerprint density at radius 3 is 2.58 bits per heavy atom. The first kappa shape index (κ1) is 8.54. The third kappa shape index (κ3) is 1.39. The quantitative estimate of drug-likeness (QED) is 0.683. The first-order valence-corrected chi connectivity index (χ1v) is 5.55. The fraction of sp³-hybridized carbons (Fsp3) is 0.455. The van der Waals surface area contributed by atoms with Crippen LogP contribution in [0.1, 0.15) is 31.7 Å². The van der Waals surface area contributed by atoms with Crippen LogP contribution in [0.4, 0.5) is 0 Å². The van der Waals surface area contributed by atoms with E-state index in [1.807, 2.05) is 0 Å². The van der Waals surface area contributed by atoms with E-state index in [-0.39, 0.29) is 0 Å². The van der Waals surface area contributed by atoms with Crippen molar-refractivity contribution < 1.29 is 0 Å². The Morgan fingerprint density at radius 2 is 2.08 bits per heavy atom. The summed E-state index contributed by atoms with van der Waals surface area (Å²) in [5.41, 5.74) is 2.03. The van der Waals surface area contributed by atoms with Crippen LogP contribution < -0.4 is 0 Å². The topological polar surface area (TPSA) is 0 Å². The molecule has 0 atom stereocenters. The average molecular weight is 272 g/mol. The van der Waals surface area contributed by atoms with E-state index in [2.05, 4.69) is 53.8 Å². The number of rotatable bonds is 1. The molecule has 0 spiro atoms. The highest BCUT2D eigenvalue weighted by molar-refractivity contribution is 14.1. The molecule has 1 aromatic rings. The van der Waals surface area contributed by atoms with Crippen molar-refractivity contribution in [2.24, 2.45) is 0 Å². The van der Waals surface area contributed by atoms with Crippen LogP contribution in [0.2, 0.25) is 0 Å². The van der Waals surface area contributed by atoms with E-state index in [1.165, 1.54) is 28.4 Å². The smallest absolute Gasteiger partial charge is 0.0133 e. The zero-order chi connectivity index (χ0) is 8.60. The van der Waals surface area contributed by atoms with Crippen LogP contribution in [0.3, 0.4) is 0 Å². The molecule has 0 aliphatic heterocycles. The third-order valence-corrected chi connectivity index (χ3v) is 3.65. The number of benzene rings is 1. The van der Waals surface area contributed by atoms with E-state index in [1.54, 1.807) is 0 Å². The lowest BCUT2D eigenvalue weighted by Crippen LogP contribution is -2.30. The van der Waals surface area contributed by atoms with Crippen LogP contribution >= 0.6 is 22.6 Å². The minimum absolute atomic E-state index is 0.501. The lowest BCUT2D eigenvalue weighted by atomic mass is 9.66. The molecule has 0 amide bonds. The summed E-state index contributed by atoms with van der Waals surface area (Å²) < 4.78 is 1.36. The molecule has 1 saturated carbocycles. The van der Waals surface area contributed by atoms with Gasteiger partial charge in [0.05, 0.1) is 0 Å². The predicted octanol–water partition coefficient (Wildman–Crippen LogP) is 3.73. The lowest BCUT2D eigenvalue weighted by Gasteiger charge is -2.39. The van der Waals surface area contributed by atoms with E-state index in [9.17, 15) is 0 Å². The molecule has 0 aromatic heterocycles. The Kier molecular flexibility index (Phi) is 2.15. The molecule has 0 radical (unpaired) electrons. The molecule has 0 nitrogen and oxygen atoms in total. The molecule has 1 aliphatic rings. The molecule has 64 valence electrons. The monoisotopic (exact) mass is 272 g/mol. The van der Waals surface area contributed by atoms with E-state index in [4.69, 9.17) is 0 Å². The van der Waals surface area contributed by atoms with Crippen molar-refractivity contribution in [1.29, 1.82) is 0 Å². The minimum Gasteiger partial charge on any atom is -0.0609 e. The second-order valence-corrected chi connectivity index (χ2v) is 5.17. The SMILES string of the molecule is CC1(c2cccc(I)c2)CCC1. The van der Waals surface area contributed by atoms with Gasteiger partial charge < -0.3 is 0 Å². The van der Waals surface area contributed by atoms with Crippen LogP contribution in [-0.2, 0) is 5.41 Å². The second-order valence-electron chi connectivity index (χ2n) is 3.92. The number of halogens is 1. The van der Waals surface area contributed by atoms with Crippen LogP contribution in [0.25, 0.3) is 0 Å². The van der Waals surface area contributed by atoms with Gasteiger partial charge in [0.1, 0.15) is 0 Å². The number of hydrogen-bond acceptors (Lipinski definition) is 0. The zero-order valence-electron chi connectivity index (χ0n) is 7.31. The molecule has 1 heteroatoms. The molecule has 0 saturated heterocycles. The minimum atomic E-state index is 0.501. The van der Waals surface area contributed by atoms with Crippen molar-refractivity contribution >= 4 is 22.6 Å². The summed E-state index contributed by atoms with van der Waals surface area (Å²) >= 11 is 2.39. The number of hydrogen-bond donors (Lipinski definition) is 0. The standard InChI is InChI=1S/C11H13I/c1-11(6-3-7-11)9-4-2-5-10(12)8-9/h2,4-5,8H,3,6-7H2,1H3. The van der Waals surface area contributed by atoms with Gasteiger partial charge in [0.2, 0.25) is 0 Å². The summed E-state index contributed by atoms with van der Waals surface area (Å²) in [6, 6.07) is 8.91. The summed E-state index contributed by atoms with van der Waals surface area (Å²) in [4.78, 5) is 0. The summed E-state index contributed by atoms with van der Waals surface area (Å²) in [5.74, 6) is 0. The van der Waals surface area contributed by atoms with Gasteiger partial charge in [-0.2, -0.15) is 0 Å². The van der Waals surface area contributed by atoms with Crippen molar-refractivity contribution in [3.8, 4) is 0 Å². The molecule has 1 aliphatic carbocycles. The van der Waals surface area contributed by atoms with Gasteiger partial charge in [-0.15, -0.1) is 0 Å². The molecule has 1 aromatic carbocycles. The van der Waals surface area contributed by atoms with Gasteiger partial charge in [-0.05, 0) is 58.5 Å². The van der Waals surface area contributed by atoms with Gasteiger partial charge in [0.25, 0.3) is 0 Å². The Hall–Kier alpha value is -0.0500. The van der Waals surface area contributed by atoms with Crippen LogP contribution in [0, 0.1) is 3.57 Å². The maximum Gasteiger partial charge on any atom is 0.0133 e. The Labute approximate surface area is 87.5 Å². The fourth-order valence-corrected chi connectivity index (χ4v) is 2.40. The van der Waals surface area contributed by atoms with Gasteiger partial charge in [0, 0.05) is 3.57 Å². The van der Waals surface area contributed by atoms with E-state index in [0.29, 0.717) is 5.41 Å². The van der Waals surface area contributed by atoms with Gasteiger partial charge in [0.15, 0.2) is 0 Å². The molecule has 2 rings (SSSR count). The van der Waals surface area contributed by atoms with Crippen LogP contribution in [0.5, 0.6) is 0 Å². The highest BCUT2D eigenvalue weighted by atomic mass is 127. The van der Waals surface area contributed by atoms with Crippen molar-refractivity contribution in [1.82, 2.24) is 0 Å². The fourth-order valence-electron chi connectivity index (χ4n) is 1.86. The molecule has 0 unspecified atom stereocenters. The van der Waals surface area contributed by atoms with Gasteiger partial charge in [-0.25, -0.2) is 0 Å². The first-order chi connectivity index (χ1) is 5.71. The average Bonchev–Trinajstić information content (AvgIpc) is 2.00. The highest BCUT2D eigenvalue weighted by Crippen LogP contribution is 2.43. The van der Waals surface area contributed by atoms with Gasteiger partial charge in [-0.3, -0.25) is 0 Å². The highest BCUT2D eigenvalue weighted by Gasteiger charge is 2.33. The second kappa shape index (κ2) is 3.02. The van der Waals surface area contributed by atoms with Crippen molar-refractivity contribution in [3.63, 3.8) is 0 Å². The largest absolute Gasteiger partial charge is 0.0609 e.